The molecule has 0 unspecified atom stereocenters. The second-order valence-electron chi connectivity index (χ2n) is 8.25. The van der Waals surface area contributed by atoms with Crippen molar-refractivity contribution in [3.63, 3.8) is 0 Å². The third kappa shape index (κ3) is 3.91. The average Bonchev–Trinajstić information content (AvgIpc) is 2.99. The molecule has 2 aliphatic carbocycles. The number of nitro groups is 1. The Hall–Kier alpha value is -2.70. The first-order chi connectivity index (χ1) is 14.1. The Morgan fingerprint density at radius 2 is 1.79 bits per heavy atom. The van der Waals surface area contributed by atoms with E-state index in [9.17, 15) is 19.7 Å². The molecule has 154 valence electrons. The number of hydrogen-bond acceptors (Lipinski definition) is 5. The van der Waals surface area contributed by atoms with Crippen molar-refractivity contribution in [2.75, 3.05) is 16.8 Å². The van der Waals surface area contributed by atoms with Gasteiger partial charge in [0.2, 0.25) is 11.8 Å². The number of benzene rings is 1. The molecule has 1 aromatic carbocycles. The molecule has 1 aliphatic heterocycles. The molecule has 1 N–H and O–H groups in total. The van der Waals surface area contributed by atoms with Gasteiger partial charge in [-0.1, -0.05) is 24.5 Å². The van der Waals surface area contributed by atoms with Crippen molar-refractivity contribution >= 4 is 28.9 Å². The highest BCUT2D eigenvalue weighted by Gasteiger charge is 2.49. The zero-order valence-corrected chi connectivity index (χ0v) is 16.6. The van der Waals surface area contributed by atoms with E-state index in [2.05, 4.69) is 11.4 Å². The van der Waals surface area contributed by atoms with Crippen LogP contribution in [0.15, 0.2) is 29.8 Å². The van der Waals surface area contributed by atoms with Gasteiger partial charge < -0.3 is 5.32 Å². The van der Waals surface area contributed by atoms with Crippen LogP contribution in [-0.2, 0) is 9.59 Å². The number of carbonyl (C=O) groups excluding carboxylic acids is 2. The summed E-state index contributed by atoms with van der Waals surface area (Å²) in [4.78, 5) is 37.9. The Morgan fingerprint density at radius 1 is 1.07 bits per heavy atom. The van der Waals surface area contributed by atoms with Crippen molar-refractivity contribution in [2.24, 2.45) is 11.8 Å². The lowest BCUT2D eigenvalue weighted by atomic mass is 9.81. The summed E-state index contributed by atoms with van der Waals surface area (Å²) >= 11 is 0. The Bertz CT molecular complexity index is 840. The maximum Gasteiger partial charge on any atom is 0.294 e. The summed E-state index contributed by atoms with van der Waals surface area (Å²) in [6.07, 6.45) is 11.2. The van der Waals surface area contributed by atoms with Crippen molar-refractivity contribution < 1.29 is 14.5 Å². The fraction of sp³-hybridized carbons (Fsp3) is 0.545. The molecule has 1 saturated carbocycles. The number of allylic oxidation sites excluding steroid dienone is 1. The quantitative estimate of drug-likeness (QED) is 0.328. The Kier molecular flexibility index (Phi) is 5.65. The van der Waals surface area contributed by atoms with Crippen LogP contribution in [-0.4, -0.2) is 23.3 Å². The molecule has 7 heteroatoms. The van der Waals surface area contributed by atoms with Crippen LogP contribution in [0.1, 0.15) is 57.8 Å². The fourth-order valence-corrected chi connectivity index (χ4v) is 4.87. The van der Waals surface area contributed by atoms with Crippen molar-refractivity contribution in [1.29, 1.82) is 0 Å². The third-order valence-electron chi connectivity index (χ3n) is 6.42. The predicted octanol–water partition coefficient (Wildman–Crippen LogP) is 4.58. The minimum atomic E-state index is -0.455. The van der Waals surface area contributed by atoms with Crippen molar-refractivity contribution in [3.8, 4) is 0 Å². The number of nitrogens with zero attached hydrogens (tertiary/aromatic N) is 2. The van der Waals surface area contributed by atoms with Gasteiger partial charge >= 0.3 is 0 Å². The number of imide groups is 1. The number of nitrogens with one attached hydrogen (secondary N) is 1. The number of nitro benzene ring substituents is 1. The van der Waals surface area contributed by atoms with Gasteiger partial charge in [-0.15, -0.1) is 0 Å². The van der Waals surface area contributed by atoms with Gasteiger partial charge in [0, 0.05) is 12.6 Å². The predicted molar refractivity (Wildman–Crippen MR) is 111 cm³/mol. The SMILES string of the molecule is O=C1[C@H]2CCCC[C@H]2C(=O)N1c1ccc(NCCC2=CCCCC2)c([N+](=O)[O-])c1. The van der Waals surface area contributed by atoms with Crippen LogP contribution < -0.4 is 10.2 Å². The number of carbonyl (C=O) groups is 2. The van der Waals surface area contributed by atoms with E-state index in [0.717, 1.165) is 44.9 Å². The van der Waals surface area contributed by atoms with Gasteiger partial charge in [0.15, 0.2) is 0 Å². The molecule has 0 bridgehead atoms. The van der Waals surface area contributed by atoms with Crippen LogP contribution in [0.2, 0.25) is 0 Å². The van der Waals surface area contributed by atoms with E-state index in [1.165, 1.54) is 29.4 Å². The van der Waals surface area contributed by atoms with Gasteiger partial charge in [0.05, 0.1) is 22.4 Å². The smallest absolute Gasteiger partial charge is 0.294 e. The highest BCUT2D eigenvalue weighted by atomic mass is 16.6. The lowest BCUT2D eigenvalue weighted by Gasteiger charge is -2.19. The second kappa shape index (κ2) is 8.35. The van der Waals surface area contributed by atoms with E-state index in [1.807, 2.05) is 0 Å². The second-order valence-corrected chi connectivity index (χ2v) is 8.25. The van der Waals surface area contributed by atoms with Gasteiger partial charge in [-0.2, -0.15) is 0 Å². The Balaban J connectivity index is 1.51. The summed E-state index contributed by atoms with van der Waals surface area (Å²) in [7, 11) is 0. The molecule has 1 aromatic rings. The van der Waals surface area contributed by atoms with Gasteiger partial charge in [-0.25, -0.2) is 4.90 Å². The highest BCUT2D eigenvalue weighted by Crippen LogP contribution is 2.41. The summed E-state index contributed by atoms with van der Waals surface area (Å²) < 4.78 is 0. The number of anilines is 2. The molecule has 2 amide bonds. The van der Waals surface area contributed by atoms with Crippen LogP contribution in [0.25, 0.3) is 0 Å². The minimum absolute atomic E-state index is 0.101. The molecule has 4 rings (SSSR count). The Morgan fingerprint density at radius 3 is 2.41 bits per heavy atom. The molecule has 2 atom stereocenters. The maximum atomic E-state index is 12.8. The number of rotatable bonds is 6. The van der Waals surface area contributed by atoms with Gasteiger partial charge in [0.25, 0.3) is 5.69 Å². The molecule has 0 aromatic heterocycles. The van der Waals surface area contributed by atoms with E-state index in [4.69, 9.17) is 0 Å². The molecule has 3 aliphatic rings. The highest BCUT2D eigenvalue weighted by molar-refractivity contribution is 6.22. The fourth-order valence-electron chi connectivity index (χ4n) is 4.87. The standard InChI is InChI=1S/C22H27N3O4/c26-21-17-8-4-5-9-18(17)22(27)24(21)16-10-11-19(20(14-16)25(28)29)23-13-12-15-6-2-1-3-7-15/h6,10-11,14,17-18,23H,1-5,7-9,12-13H2/t17-,18+. The van der Waals surface area contributed by atoms with Crippen molar-refractivity contribution in [3.05, 3.63) is 40.0 Å². The molecular weight excluding hydrogens is 370 g/mol. The van der Waals surface area contributed by atoms with E-state index < -0.39 is 4.92 Å². The first kappa shape index (κ1) is 19.6. The van der Waals surface area contributed by atoms with Crippen LogP contribution in [0, 0.1) is 22.0 Å². The zero-order chi connectivity index (χ0) is 20.4. The number of hydrogen-bond donors (Lipinski definition) is 1. The van der Waals surface area contributed by atoms with Crippen LogP contribution in [0.3, 0.4) is 0 Å². The van der Waals surface area contributed by atoms with Gasteiger partial charge in [-0.05, 0) is 57.1 Å². The van der Waals surface area contributed by atoms with Crippen molar-refractivity contribution in [2.45, 2.75) is 57.8 Å². The molecule has 29 heavy (non-hydrogen) atoms. The van der Waals surface area contributed by atoms with E-state index in [1.54, 1.807) is 12.1 Å². The topological polar surface area (TPSA) is 92.6 Å². The Labute approximate surface area is 170 Å². The average molecular weight is 397 g/mol. The first-order valence-electron chi connectivity index (χ1n) is 10.6. The van der Waals surface area contributed by atoms with E-state index in [-0.39, 0.29) is 29.3 Å². The van der Waals surface area contributed by atoms with E-state index in [0.29, 0.717) is 17.9 Å². The third-order valence-corrected chi connectivity index (χ3v) is 6.42. The largest absolute Gasteiger partial charge is 0.379 e. The lowest BCUT2D eigenvalue weighted by Crippen LogP contribution is -2.30. The number of amides is 2. The minimum Gasteiger partial charge on any atom is -0.379 e. The lowest BCUT2D eigenvalue weighted by molar-refractivity contribution is -0.383. The molecule has 2 fully saturated rings. The van der Waals surface area contributed by atoms with E-state index >= 15 is 0 Å². The summed E-state index contributed by atoms with van der Waals surface area (Å²) in [5, 5.41) is 14.8. The van der Waals surface area contributed by atoms with Crippen LogP contribution in [0.4, 0.5) is 17.1 Å². The van der Waals surface area contributed by atoms with Crippen LogP contribution >= 0.6 is 0 Å². The summed E-state index contributed by atoms with van der Waals surface area (Å²) in [6.45, 7) is 0.623. The molecule has 1 heterocycles. The molecule has 0 radical (unpaired) electrons. The summed E-state index contributed by atoms with van der Waals surface area (Å²) in [5.74, 6) is -0.952. The summed E-state index contributed by atoms with van der Waals surface area (Å²) in [5.41, 5.74) is 2.03. The number of fused-ring (bicyclic) bond motifs is 1. The normalized spacial score (nSPS) is 24.3. The molecule has 1 saturated heterocycles. The monoisotopic (exact) mass is 397 g/mol. The molecule has 7 nitrogen and oxygen atoms in total. The molecule has 0 spiro atoms. The van der Waals surface area contributed by atoms with Crippen molar-refractivity contribution in [1.82, 2.24) is 0 Å². The summed E-state index contributed by atoms with van der Waals surface area (Å²) in [6, 6.07) is 4.61. The first-order valence-corrected chi connectivity index (χ1v) is 10.6. The zero-order valence-electron chi connectivity index (χ0n) is 16.6. The van der Waals surface area contributed by atoms with Gasteiger partial charge in [-0.3, -0.25) is 19.7 Å². The van der Waals surface area contributed by atoms with Gasteiger partial charge in [0.1, 0.15) is 5.69 Å². The maximum absolute atomic E-state index is 12.8. The van der Waals surface area contributed by atoms with Crippen LogP contribution in [0.5, 0.6) is 0 Å². The molecular formula is C22H27N3O4.